The van der Waals surface area contributed by atoms with Crippen molar-refractivity contribution >= 4 is 23.8 Å². The molecule has 0 aromatic heterocycles. The van der Waals surface area contributed by atoms with Gasteiger partial charge in [-0.1, -0.05) is 6.92 Å². The van der Waals surface area contributed by atoms with Gasteiger partial charge in [-0.25, -0.2) is 4.79 Å². The Bertz CT molecular complexity index is 291. The fourth-order valence-electron chi connectivity index (χ4n) is 2.07. The van der Waals surface area contributed by atoms with Gasteiger partial charge in [0.2, 0.25) is 0 Å². The third-order valence-corrected chi connectivity index (χ3v) is 4.44. The van der Waals surface area contributed by atoms with Crippen molar-refractivity contribution in [1.29, 1.82) is 0 Å². The average Bonchev–Trinajstić information content (AvgIpc) is 2.37. The standard InChI is InChI=1S/C12H22N2O3S/c1-3-9(8-11(15)16)13-12(17)14-6-4-10(18-2)5-7-14/h9-10H,3-8H2,1-2H3,(H,13,17)(H,15,16). The van der Waals surface area contributed by atoms with Crippen LogP contribution in [0, 0.1) is 0 Å². The summed E-state index contributed by atoms with van der Waals surface area (Å²) < 4.78 is 0. The van der Waals surface area contributed by atoms with Gasteiger partial charge in [-0.2, -0.15) is 11.8 Å². The number of amides is 2. The SMILES string of the molecule is CCC(CC(=O)O)NC(=O)N1CCC(SC)CC1. The number of aliphatic carboxylic acids is 1. The zero-order valence-corrected chi connectivity index (χ0v) is 11.8. The molecule has 1 saturated heterocycles. The number of piperidine rings is 1. The Balaban J connectivity index is 2.38. The molecule has 104 valence electrons. The number of hydrogen-bond acceptors (Lipinski definition) is 3. The molecule has 1 heterocycles. The molecule has 2 amide bonds. The summed E-state index contributed by atoms with van der Waals surface area (Å²) in [5.41, 5.74) is 0. The van der Waals surface area contributed by atoms with E-state index >= 15 is 0 Å². The Hall–Kier alpha value is -0.910. The molecule has 1 aliphatic rings. The van der Waals surface area contributed by atoms with E-state index in [2.05, 4.69) is 11.6 Å². The summed E-state index contributed by atoms with van der Waals surface area (Å²) in [6.07, 6.45) is 4.76. The molecule has 1 fully saturated rings. The second-order valence-electron chi connectivity index (χ2n) is 4.57. The molecule has 1 unspecified atom stereocenters. The van der Waals surface area contributed by atoms with Crippen LogP contribution in [0.3, 0.4) is 0 Å². The van der Waals surface area contributed by atoms with E-state index in [1.807, 2.05) is 18.7 Å². The molecule has 0 aromatic carbocycles. The summed E-state index contributed by atoms with van der Waals surface area (Å²) in [5.74, 6) is -0.872. The van der Waals surface area contributed by atoms with Crippen LogP contribution in [-0.4, -0.2) is 52.6 Å². The lowest BCUT2D eigenvalue weighted by molar-refractivity contribution is -0.137. The van der Waals surface area contributed by atoms with Gasteiger partial charge in [-0.15, -0.1) is 0 Å². The molecule has 0 aliphatic carbocycles. The van der Waals surface area contributed by atoms with Crippen LogP contribution < -0.4 is 5.32 Å². The summed E-state index contributed by atoms with van der Waals surface area (Å²) >= 11 is 1.85. The third-order valence-electron chi connectivity index (χ3n) is 3.30. The van der Waals surface area contributed by atoms with Crippen molar-refractivity contribution in [3.63, 3.8) is 0 Å². The molecule has 5 nitrogen and oxygen atoms in total. The molecule has 0 spiro atoms. The van der Waals surface area contributed by atoms with E-state index in [4.69, 9.17) is 5.11 Å². The molecular formula is C12H22N2O3S. The van der Waals surface area contributed by atoms with E-state index in [0.29, 0.717) is 11.7 Å². The normalized spacial score (nSPS) is 18.4. The lowest BCUT2D eigenvalue weighted by atomic mass is 10.1. The highest BCUT2D eigenvalue weighted by molar-refractivity contribution is 7.99. The number of rotatable bonds is 5. The summed E-state index contributed by atoms with van der Waals surface area (Å²) in [5, 5.41) is 12.2. The predicted molar refractivity (Wildman–Crippen MR) is 73.0 cm³/mol. The van der Waals surface area contributed by atoms with E-state index in [1.165, 1.54) is 0 Å². The number of carboxylic acid groups (broad SMARTS) is 1. The molecule has 0 saturated carbocycles. The fraction of sp³-hybridized carbons (Fsp3) is 0.833. The Kier molecular flexibility index (Phi) is 6.32. The van der Waals surface area contributed by atoms with E-state index in [9.17, 15) is 9.59 Å². The van der Waals surface area contributed by atoms with Crippen LogP contribution in [-0.2, 0) is 4.79 Å². The third kappa shape index (κ3) is 4.76. The number of carboxylic acids is 1. The van der Waals surface area contributed by atoms with Crippen molar-refractivity contribution in [2.75, 3.05) is 19.3 Å². The summed E-state index contributed by atoms with van der Waals surface area (Å²) in [7, 11) is 0. The molecule has 1 aliphatic heterocycles. The van der Waals surface area contributed by atoms with Gasteiger partial charge < -0.3 is 15.3 Å². The molecule has 0 aromatic rings. The van der Waals surface area contributed by atoms with Crippen molar-refractivity contribution < 1.29 is 14.7 Å². The van der Waals surface area contributed by atoms with Crippen LogP contribution in [0.15, 0.2) is 0 Å². The first-order valence-corrected chi connectivity index (χ1v) is 7.65. The molecule has 18 heavy (non-hydrogen) atoms. The van der Waals surface area contributed by atoms with Crippen LogP contribution in [0.25, 0.3) is 0 Å². The predicted octanol–water partition coefficient (Wildman–Crippen LogP) is 1.78. The van der Waals surface area contributed by atoms with E-state index < -0.39 is 5.97 Å². The molecule has 1 rings (SSSR count). The molecule has 1 atom stereocenters. The number of carbonyl (C=O) groups excluding carboxylic acids is 1. The Morgan fingerprint density at radius 3 is 2.50 bits per heavy atom. The molecule has 6 heteroatoms. The molecule has 0 bridgehead atoms. The van der Waals surface area contributed by atoms with Crippen molar-refractivity contribution in [3.05, 3.63) is 0 Å². The highest BCUT2D eigenvalue weighted by Crippen LogP contribution is 2.20. The second kappa shape index (κ2) is 7.51. The number of nitrogens with one attached hydrogen (secondary N) is 1. The van der Waals surface area contributed by atoms with E-state index in [1.54, 1.807) is 4.90 Å². The van der Waals surface area contributed by atoms with E-state index in [0.717, 1.165) is 25.9 Å². The van der Waals surface area contributed by atoms with Gasteiger partial charge in [0.1, 0.15) is 0 Å². The maximum Gasteiger partial charge on any atom is 0.317 e. The number of hydrogen-bond donors (Lipinski definition) is 2. The van der Waals surface area contributed by atoms with Crippen LogP contribution >= 0.6 is 11.8 Å². The number of thioether (sulfide) groups is 1. The minimum Gasteiger partial charge on any atom is -0.481 e. The van der Waals surface area contributed by atoms with Crippen molar-refractivity contribution in [2.24, 2.45) is 0 Å². The lowest BCUT2D eigenvalue weighted by Gasteiger charge is -2.32. The summed E-state index contributed by atoms with van der Waals surface area (Å²) in [4.78, 5) is 24.4. The maximum atomic E-state index is 12.0. The summed E-state index contributed by atoms with van der Waals surface area (Å²) in [6.45, 7) is 3.41. The van der Waals surface area contributed by atoms with Crippen LogP contribution in [0.5, 0.6) is 0 Å². The first kappa shape index (κ1) is 15.1. The summed E-state index contributed by atoms with van der Waals surface area (Å²) in [6, 6.07) is -0.393. The first-order chi connectivity index (χ1) is 8.56. The van der Waals surface area contributed by atoms with E-state index in [-0.39, 0.29) is 18.5 Å². The van der Waals surface area contributed by atoms with Gasteiger partial charge in [-0.3, -0.25) is 4.79 Å². The van der Waals surface area contributed by atoms with Crippen LogP contribution in [0.1, 0.15) is 32.6 Å². The van der Waals surface area contributed by atoms with Crippen molar-refractivity contribution in [3.8, 4) is 0 Å². The van der Waals surface area contributed by atoms with Gasteiger partial charge in [0.15, 0.2) is 0 Å². The Morgan fingerprint density at radius 2 is 2.06 bits per heavy atom. The van der Waals surface area contributed by atoms with Gasteiger partial charge in [0.25, 0.3) is 0 Å². The monoisotopic (exact) mass is 274 g/mol. The van der Waals surface area contributed by atoms with Gasteiger partial charge in [0, 0.05) is 24.4 Å². The number of carbonyl (C=O) groups is 2. The van der Waals surface area contributed by atoms with Crippen LogP contribution in [0.4, 0.5) is 4.79 Å². The highest BCUT2D eigenvalue weighted by atomic mass is 32.2. The maximum absolute atomic E-state index is 12.0. The lowest BCUT2D eigenvalue weighted by Crippen LogP contribution is -2.48. The van der Waals surface area contributed by atoms with Crippen LogP contribution in [0.2, 0.25) is 0 Å². The molecular weight excluding hydrogens is 252 g/mol. The largest absolute Gasteiger partial charge is 0.481 e. The Labute approximate surface area is 112 Å². The zero-order chi connectivity index (χ0) is 13.5. The minimum absolute atomic E-state index is 0.0104. The highest BCUT2D eigenvalue weighted by Gasteiger charge is 2.24. The number of likely N-dealkylation sites (tertiary alicyclic amines) is 1. The number of nitrogens with zero attached hydrogens (tertiary/aromatic N) is 1. The number of urea groups is 1. The molecule has 2 N–H and O–H groups in total. The zero-order valence-electron chi connectivity index (χ0n) is 11.0. The first-order valence-electron chi connectivity index (χ1n) is 6.36. The average molecular weight is 274 g/mol. The minimum atomic E-state index is -0.872. The smallest absolute Gasteiger partial charge is 0.317 e. The van der Waals surface area contributed by atoms with Gasteiger partial charge in [0.05, 0.1) is 6.42 Å². The Morgan fingerprint density at radius 1 is 1.44 bits per heavy atom. The van der Waals surface area contributed by atoms with Gasteiger partial charge in [-0.05, 0) is 25.5 Å². The second-order valence-corrected chi connectivity index (χ2v) is 5.71. The quantitative estimate of drug-likeness (QED) is 0.801. The fourth-order valence-corrected chi connectivity index (χ4v) is 2.75. The molecule has 0 radical (unpaired) electrons. The van der Waals surface area contributed by atoms with Crippen molar-refractivity contribution in [1.82, 2.24) is 10.2 Å². The van der Waals surface area contributed by atoms with Gasteiger partial charge >= 0.3 is 12.0 Å². The topological polar surface area (TPSA) is 69.6 Å². The van der Waals surface area contributed by atoms with Crippen molar-refractivity contribution in [2.45, 2.75) is 43.9 Å².